The van der Waals surface area contributed by atoms with Crippen LogP contribution in [0.2, 0.25) is 0 Å². The maximum Gasteiger partial charge on any atom is 0.337 e. The summed E-state index contributed by atoms with van der Waals surface area (Å²) >= 11 is 0. The first-order valence-electron chi connectivity index (χ1n) is 10.5. The number of hydrogen-bond donors (Lipinski definition) is 1. The zero-order valence-corrected chi connectivity index (χ0v) is 19.3. The van der Waals surface area contributed by atoms with Gasteiger partial charge in [-0.05, 0) is 42.0 Å². The molecular weight excluding hydrogens is 466 g/mol. The van der Waals surface area contributed by atoms with Gasteiger partial charge in [0.1, 0.15) is 16.2 Å². The second-order valence-electron chi connectivity index (χ2n) is 7.59. The molecule has 0 fully saturated rings. The van der Waals surface area contributed by atoms with Crippen molar-refractivity contribution in [1.29, 1.82) is 0 Å². The van der Waals surface area contributed by atoms with E-state index in [1.807, 2.05) is 6.07 Å². The van der Waals surface area contributed by atoms with E-state index < -0.39 is 15.8 Å². The number of nitrogen functional groups attached to an aromatic ring is 1. The van der Waals surface area contributed by atoms with Gasteiger partial charge in [-0.2, -0.15) is 9.78 Å². The van der Waals surface area contributed by atoms with E-state index in [0.29, 0.717) is 22.2 Å². The lowest BCUT2D eigenvalue weighted by atomic mass is 10.1. The number of benzene rings is 3. The summed E-state index contributed by atoms with van der Waals surface area (Å²) in [5.74, 6) is -0.561. The van der Waals surface area contributed by atoms with Gasteiger partial charge in [-0.1, -0.05) is 42.5 Å². The molecule has 0 saturated carbocycles. The minimum absolute atomic E-state index is 0.0862. The van der Waals surface area contributed by atoms with E-state index in [1.54, 1.807) is 60.7 Å². The normalized spacial score (nSPS) is 11.9. The number of hydrogen-bond acceptors (Lipinski definition) is 8. The third-order valence-electron chi connectivity index (χ3n) is 5.40. The Morgan fingerprint density at radius 3 is 2.23 bits per heavy atom. The maximum absolute atomic E-state index is 13.6. The van der Waals surface area contributed by atoms with Crippen molar-refractivity contribution in [3.63, 3.8) is 0 Å². The molecule has 0 saturated heterocycles. The molecule has 174 valence electrons. The number of sulfone groups is 1. The number of carbonyl (C=O) groups excluding carboxylic acids is 1. The lowest BCUT2D eigenvalue weighted by molar-refractivity contribution is 0.0600. The molecule has 2 aromatic heterocycles. The number of nitrogens with zero attached hydrogens (tertiary/aromatic N) is 4. The summed E-state index contributed by atoms with van der Waals surface area (Å²) in [7, 11) is -2.71. The quantitative estimate of drug-likeness (QED) is 0.297. The number of fused-ring (bicyclic) bond motifs is 2. The van der Waals surface area contributed by atoms with Crippen LogP contribution < -0.4 is 5.73 Å². The Bertz CT molecular complexity index is 1710. The van der Waals surface area contributed by atoms with E-state index in [1.165, 1.54) is 30.1 Å². The molecule has 35 heavy (non-hydrogen) atoms. The van der Waals surface area contributed by atoms with E-state index in [0.717, 1.165) is 0 Å². The third kappa shape index (κ3) is 3.89. The first-order chi connectivity index (χ1) is 16.9. The Morgan fingerprint density at radius 1 is 0.943 bits per heavy atom. The molecule has 0 aliphatic rings. The Morgan fingerprint density at radius 2 is 1.57 bits per heavy atom. The zero-order chi connectivity index (χ0) is 24.6. The summed E-state index contributed by atoms with van der Waals surface area (Å²) in [4.78, 5) is 20.8. The lowest BCUT2D eigenvalue weighted by Crippen LogP contribution is -2.06. The van der Waals surface area contributed by atoms with E-state index >= 15 is 0 Å². The van der Waals surface area contributed by atoms with Crippen LogP contribution in [0.3, 0.4) is 0 Å². The van der Waals surface area contributed by atoms with Crippen molar-refractivity contribution in [2.75, 3.05) is 12.8 Å². The molecule has 0 spiro atoms. The molecule has 0 aliphatic carbocycles. The van der Waals surface area contributed by atoms with Crippen LogP contribution in [0.15, 0.2) is 93.8 Å². The van der Waals surface area contributed by atoms with Crippen molar-refractivity contribution >= 4 is 50.0 Å². The van der Waals surface area contributed by atoms with Gasteiger partial charge in [-0.3, -0.25) is 0 Å². The SMILES string of the molecule is COC(=O)c1ccc(/C=N/n2c(N)c(S(=O)(=O)c3ccccc3)c3nc4ccccc4nc32)cc1. The van der Waals surface area contributed by atoms with Crippen LogP contribution in [0.1, 0.15) is 15.9 Å². The molecule has 0 bridgehead atoms. The van der Waals surface area contributed by atoms with Crippen molar-refractivity contribution in [2.45, 2.75) is 9.79 Å². The summed E-state index contributed by atoms with van der Waals surface area (Å²) in [5.41, 5.74) is 8.86. The first-order valence-corrected chi connectivity index (χ1v) is 12.0. The summed E-state index contributed by atoms with van der Waals surface area (Å²) in [6.07, 6.45) is 1.49. The van der Waals surface area contributed by atoms with E-state index in [4.69, 9.17) is 10.5 Å². The average molecular weight is 486 g/mol. The van der Waals surface area contributed by atoms with E-state index in [2.05, 4.69) is 15.1 Å². The molecule has 2 heterocycles. The van der Waals surface area contributed by atoms with Crippen molar-refractivity contribution < 1.29 is 17.9 Å². The highest BCUT2D eigenvalue weighted by molar-refractivity contribution is 7.92. The molecule has 0 unspecified atom stereocenters. The number of nitrogens with two attached hydrogens (primary N) is 1. The minimum Gasteiger partial charge on any atom is -0.465 e. The molecule has 0 atom stereocenters. The molecule has 0 radical (unpaired) electrons. The van der Waals surface area contributed by atoms with Crippen LogP contribution in [0.4, 0.5) is 5.82 Å². The smallest absolute Gasteiger partial charge is 0.337 e. The Hall–Kier alpha value is -4.57. The summed E-state index contributed by atoms with van der Waals surface area (Å²) in [6, 6.07) is 21.7. The van der Waals surface area contributed by atoms with Crippen LogP contribution in [-0.4, -0.2) is 42.4 Å². The van der Waals surface area contributed by atoms with Crippen molar-refractivity contribution in [1.82, 2.24) is 14.6 Å². The Balaban J connectivity index is 1.70. The van der Waals surface area contributed by atoms with Gasteiger partial charge in [-0.15, -0.1) is 0 Å². The molecule has 10 heteroatoms. The highest BCUT2D eigenvalue weighted by atomic mass is 32.2. The number of para-hydroxylation sites is 2. The second-order valence-corrected chi connectivity index (χ2v) is 9.47. The average Bonchev–Trinajstić information content (AvgIpc) is 3.16. The molecule has 2 N–H and O–H groups in total. The third-order valence-corrected chi connectivity index (χ3v) is 7.24. The van der Waals surface area contributed by atoms with Gasteiger partial charge in [-0.25, -0.2) is 23.2 Å². The van der Waals surface area contributed by atoms with Gasteiger partial charge in [0.15, 0.2) is 5.65 Å². The molecule has 0 aliphatic heterocycles. The van der Waals surface area contributed by atoms with E-state index in [9.17, 15) is 13.2 Å². The molecular formula is C25H19N5O4S. The predicted molar refractivity (Wildman–Crippen MR) is 132 cm³/mol. The highest BCUT2D eigenvalue weighted by Gasteiger charge is 2.30. The Kier molecular flexibility index (Phi) is 5.50. The Labute approximate surface area is 200 Å². The summed E-state index contributed by atoms with van der Waals surface area (Å²) < 4.78 is 33.1. The molecule has 9 nitrogen and oxygen atoms in total. The van der Waals surface area contributed by atoms with Gasteiger partial charge in [0, 0.05) is 0 Å². The second kappa shape index (κ2) is 8.65. The van der Waals surface area contributed by atoms with Gasteiger partial charge in [0.2, 0.25) is 9.84 Å². The maximum atomic E-state index is 13.6. The van der Waals surface area contributed by atoms with Gasteiger partial charge in [0.05, 0.1) is 34.8 Å². The largest absolute Gasteiger partial charge is 0.465 e. The predicted octanol–water partition coefficient (Wildman–Crippen LogP) is 3.67. The topological polar surface area (TPSA) is 130 Å². The van der Waals surface area contributed by atoms with Crippen molar-refractivity contribution in [2.24, 2.45) is 5.10 Å². The first kappa shape index (κ1) is 22.2. The monoisotopic (exact) mass is 485 g/mol. The van der Waals surface area contributed by atoms with Crippen LogP contribution >= 0.6 is 0 Å². The fourth-order valence-electron chi connectivity index (χ4n) is 3.67. The molecule has 5 rings (SSSR count). The summed E-state index contributed by atoms with van der Waals surface area (Å²) in [6.45, 7) is 0. The highest BCUT2D eigenvalue weighted by Crippen LogP contribution is 2.35. The number of carbonyl (C=O) groups is 1. The number of rotatable bonds is 5. The van der Waals surface area contributed by atoms with Crippen LogP contribution in [0, 0.1) is 0 Å². The molecule has 3 aromatic carbocycles. The fourth-order valence-corrected chi connectivity index (χ4v) is 5.17. The standard InChI is InChI=1S/C25H19N5O4S/c1-34-25(31)17-13-11-16(12-14-17)15-27-30-23(26)22(35(32,33)18-7-3-2-4-8-18)21-24(30)29-20-10-6-5-9-19(20)28-21/h2-15H,26H2,1H3/b27-15+. The van der Waals surface area contributed by atoms with Crippen LogP contribution in [-0.2, 0) is 14.6 Å². The fraction of sp³-hybridized carbons (Fsp3) is 0.0400. The van der Waals surface area contributed by atoms with E-state index in [-0.39, 0.29) is 26.8 Å². The lowest BCUT2D eigenvalue weighted by Gasteiger charge is -2.04. The number of methoxy groups -OCH3 is 1. The van der Waals surface area contributed by atoms with Gasteiger partial charge >= 0.3 is 5.97 Å². The van der Waals surface area contributed by atoms with Gasteiger partial charge in [0.25, 0.3) is 0 Å². The number of ether oxygens (including phenoxy) is 1. The number of aromatic nitrogens is 3. The van der Waals surface area contributed by atoms with Crippen molar-refractivity contribution in [3.05, 3.63) is 90.0 Å². The van der Waals surface area contributed by atoms with Crippen molar-refractivity contribution in [3.8, 4) is 0 Å². The number of esters is 1. The number of anilines is 1. The van der Waals surface area contributed by atoms with Crippen LogP contribution in [0.5, 0.6) is 0 Å². The zero-order valence-electron chi connectivity index (χ0n) is 18.5. The summed E-state index contributed by atoms with van der Waals surface area (Å²) in [5, 5.41) is 4.42. The van der Waals surface area contributed by atoms with Crippen LogP contribution in [0.25, 0.3) is 22.2 Å². The van der Waals surface area contributed by atoms with Gasteiger partial charge < -0.3 is 10.5 Å². The molecule has 5 aromatic rings. The minimum atomic E-state index is -4.02. The molecule has 0 amide bonds.